The van der Waals surface area contributed by atoms with Gasteiger partial charge in [-0.05, 0) is 23.8 Å². The van der Waals surface area contributed by atoms with Gasteiger partial charge in [0.1, 0.15) is 11.5 Å². The lowest BCUT2D eigenvalue weighted by molar-refractivity contribution is -0.116. The molecule has 1 aliphatic heterocycles. The van der Waals surface area contributed by atoms with E-state index in [0.717, 1.165) is 33.9 Å². The van der Waals surface area contributed by atoms with Gasteiger partial charge in [0, 0.05) is 33.7 Å². The molecule has 0 radical (unpaired) electrons. The van der Waals surface area contributed by atoms with Gasteiger partial charge in [-0.1, -0.05) is 30.3 Å². The highest BCUT2D eigenvalue weighted by Gasteiger charge is 2.31. The molecule has 1 atom stereocenters. The van der Waals surface area contributed by atoms with Crippen molar-refractivity contribution >= 4 is 22.9 Å². The van der Waals surface area contributed by atoms with Gasteiger partial charge in [-0.2, -0.15) is 0 Å². The average Bonchev–Trinajstić information content (AvgIpc) is 3.11. The number of ether oxygens (including phenoxy) is 2. The van der Waals surface area contributed by atoms with Gasteiger partial charge in [0.25, 0.3) is 0 Å². The Labute approximate surface area is 156 Å². The van der Waals surface area contributed by atoms with Crippen LogP contribution >= 0.6 is 11.3 Å². The van der Waals surface area contributed by atoms with Gasteiger partial charge in [0.05, 0.1) is 19.9 Å². The average molecular weight is 365 g/mol. The lowest BCUT2D eigenvalue weighted by Crippen LogP contribution is -2.22. The Morgan fingerprint density at radius 3 is 2.54 bits per heavy atom. The topological polar surface area (TPSA) is 47.6 Å². The molecule has 1 amide bonds. The predicted molar refractivity (Wildman–Crippen MR) is 104 cm³/mol. The fourth-order valence-corrected chi connectivity index (χ4v) is 4.57. The molecule has 2 heterocycles. The summed E-state index contributed by atoms with van der Waals surface area (Å²) < 4.78 is 10.8. The van der Waals surface area contributed by atoms with Crippen molar-refractivity contribution in [2.75, 3.05) is 19.5 Å². The number of para-hydroxylation sites is 1. The zero-order valence-corrected chi connectivity index (χ0v) is 15.4. The van der Waals surface area contributed by atoms with Gasteiger partial charge < -0.3 is 14.8 Å². The molecule has 2 aromatic carbocycles. The summed E-state index contributed by atoms with van der Waals surface area (Å²) in [6.45, 7) is 0. The van der Waals surface area contributed by atoms with E-state index in [1.165, 1.54) is 4.88 Å². The first-order valence-electron chi connectivity index (χ1n) is 8.40. The highest BCUT2D eigenvalue weighted by molar-refractivity contribution is 7.11. The Morgan fingerprint density at radius 2 is 1.81 bits per heavy atom. The van der Waals surface area contributed by atoms with Gasteiger partial charge in [-0.25, -0.2) is 0 Å². The van der Waals surface area contributed by atoms with Crippen molar-refractivity contribution in [3.05, 3.63) is 64.4 Å². The van der Waals surface area contributed by atoms with Crippen LogP contribution in [0.2, 0.25) is 0 Å². The number of nitrogens with one attached hydrogen (secondary N) is 1. The molecule has 0 saturated heterocycles. The summed E-state index contributed by atoms with van der Waals surface area (Å²) in [5.41, 5.74) is 4.06. The number of amides is 1. The number of hydrogen-bond acceptors (Lipinski definition) is 4. The Hall–Kier alpha value is -2.79. The first kappa shape index (κ1) is 16.7. The molecule has 0 fully saturated rings. The molecule has 0 bridgehead atoms. The van der Waals surface area contributed by atoms with Crippen LogP contribution in [-0.4, -0.2) is 20.1 Å². The van der Waals surface area contributed by atoms with E-state index in [1.54, 1.807) is 25.6 Å². The van der Waals surface area contributed by atoms with E-state index < -0.39 is 0 Å². The molecule has 0 unspecified atom stereocenters. The van der Waals surface area contributed by atoms with Crippen molar-refractivity contribution in [2.24, 2.45) is 0 Å². The van der Waals surface area contributed by atoms with Gasteiger partial charge in [0.15, 0.2) is 0 Å². The standard InChI is InChI=1S/C21H19NO3S/c1-24-14-9-7-13(8-10-14)17-12-26-21-16(11-19(23)22-20(17)21)15-5-3-4-6-18(15)25-2/h3-10,12,16H,11H2,1-2H3,(H,22,23)/t16-/m1/s1. The monoisotopic (exact) mass is 365 g/mol. The molecule has 1 aliphatic rings. The molecular weight excluding hydrogens is 346 g/mol. The maximum Gasteiger partial charge on any atom is 0.225 e. The summed E-state index contributed by atoms with van der Waals surface area (Å²) in [6.07, 6.45) is 0.427. The van der Waals surface area contributed by atoms with Crippen molar-refractivity contribution in [3.63, 3.8) is 0 Å². The van der Waals surface area contributed by atoms with Crippen molar-refractivity contribution in [1.29, 1.82) is 0 Å². The van der Waals surface area contributed by atoms with Gasteiger partial charge >= 0.3 is 0 Å². The number of methoxy groups -OCH3 is 2. The minimum Gasteiger partial charge on any atom is -0.497 e. The van der Waals surface area contributed by atoms with E-state index >= 15 is 0 Å². The van der Waals surface area contributed by atoms with Crippen LogP contribution in [0, 0.1) is 0 Å². The normalized spacial score (nSPS) is 15.9. The number of benzene rings is 2. The fourth-order valence-electron chi connectivity index (χ4n) is 3.42. The third-order valence-electron chi connectivity index (χ3n) is 4.71. The molecule has 3 aromatic rings. The summed E-state index contributed by atoms with van der Waals surface area (Å²) in [6, 6.07) is 15.8. The maximum atomic E-state index is 12.4. The summed E-state index contributed by atoms with van der Waals surface area (Å²) >= 11 is 1.68. The lowest BCUT2D eigenvalue weighted by Gasteiger charge is -2.25. The molecule has 26 heavy (non-hydrogen) atoms. The van der Waals surface area contributed by atoms with Crippen LogP contribution < -0.4 is 14.8 Å². The Kier molecular flexibility index (Phi) is 4.39. The van der Waals surface area contributed by atoms with E-state index in [0.29, 0.717) is 6.42 Å². The second-order valence-electron chi connectivity index (χ2n) is 6.16. The van der Waals surface area contributed by atoms with E-state index in [1.807, 2.05) is 48.5 Å². The molecule has 1 N–H and O–H groups in total. The molecule has 4 nitrogen and oxygen atoms in total. The Balaban J connectivity index is 1.80. The largest absolute Gasteiger partial charge is 0.497 e. The number of anilines is 1. The number of fused-ring (bicyclic) bond motifs is 1. The summed E-state index contributed by atoms with van der Waals surface area (Å²) in [5, 5.41) is 5.18. The first-order valence-corrected chi connectivity index (χ1v) is 9.27. The zero-order valence-electron chi connectivity index (χ0n) is 14.6. The first-order chi connectivity index (χ1) is 12.7. The van der Waals surface area contributed by atoms with Crippen LogP contribution in [0.3, 0.4) is 0 Å². The molecular formula is C21H19NO3S. The van der Waals surface area contributed by atoms with Gasteiger partial charge in [-0.15, -0.1) is 11.3 Å². The van der Waals surface area contributed by atoms with Crippen LogP contribution in [0.5, 0.6) is 11.5 Å². The van der Waals surface area contributed by atoms with Gasteiger partial charge in [0.2, 0.25) is 5.91 Å². The Bertz CT molecular complexity index is 946. The summed E-state index contributed by atoms with van der Waals surface area (Å²) in [5.74, 6) is 1.67. The zero-order chi connectivity index (χ0) is 18.1. The van der Waals surface area contributed by atoms with Crippen LogP contribution in [0.15, 0.2) is 53.9 Å². The van der Waals surface area contributed by atoms with Crippen molar-refractivity contribution in [2.45, 2.75) is 12.3 Å². The molecule has 0 saturated carbocycles. The number of carbonyl (C=O) groups is 1. The van der Waals surface area contributed by atoms with Crippen molar-refractivity contribution in [1.82, 2.24) is 0 Å². The van der Waals surface area contributed by atoms with Crippen molar-refractivity contribution < 1.29 is 14.3 Å². The maximum absolute atomic E-state index is 12.4. The number of rotatable bonds is 4. The van der Waals surface area contributed by atoms with E-state index in [2.05, 4.69) is 10.7 Å². The number of hydrogen-bond donors (Lipinski definition) is 1. The van der Waals surface area contributed by atoms with Gasteiger partial charge in [-0.3, -0.25) is 4.79 Å². The van der Waals surface area contributed by atoms with Crippen LogP contribution in [0.1, 0.15) is 22.8 Å². The molecule has 0 spiro atoms. The number of carbonyl (C=O) groups excluding carboxylic acids is 1. The van der Waals surface area contributed by atoms with E-state index in [9.17, 15) is 4.79 Å². The highest BCUT2D eigenvalue weighted by atomic mass is 32.1. The summed E-state index contributed by atoms with van der Waals surface area (Å²) in [4.78, 5) is 13.6. The molecule has 5 heteroatoms. The highest BCUT2D eigenvalue weighted by Crippen LogP contribution is 2.48. The summed E-state index contributed by atoms with van der Waals surface area (Å²) in [7, 11) is 3.32. The second kappa shape index (κ2) is 6.84. The predicted octanol–water partition coefficient (Wildman–Crippen LogP) is 4.91. The third-order valence-corrected chi connectivity index (χ3v) is 5.80. The smallest absolute Gasteiger partial charge is 0.225 e. The minimum atomic E-state index is 0.00639. The second-order valence-corrected chi connectivity index (χ2v) is 7.08. The quantitative estimate of drug-likeness (QED) is 0.715. The molecule has 0 aliphatic carbocycles. The van der Waals surface area contributed by atoms with Crippen molar-refractivity contribution in [3.8, 4) is 22.6 Å². The Morgan fingerprint density at radius 1 is 1.04 bits per heavy atom. The van der Waals surface area contributed by atoms with E-state index in [-0.39, 0.29) is 11.8 Å². The molecule has 132 valence electrons. The fraction of sp³-hybridized carbons (Fsp3) is 0.190. The molecule has 1 aromatic heterocycles. The number of thiophene rings is 1. The lowest BCUT2D eigenvalue weighted by atomic mass is 9.88. The van der Waals surface area contributed by atoms with E-state index in [4.69, 9.17) is 9.47 Å². The van der Waals surface area contributed by atoms with Crippen LogP contribution in [0.4, 0.5) is 5.69 Å². The third kappa shape index (κ3) is 2.84. The SMILES string of the molecule is COc1ccc(-c2csc3c2NC(=O)C[C@@H]3c2ccccc2OC)cc1. The molecule has 4 rings (SSSR count). The van der Waals surface area contributed by atoms with Crippen LogP contribution in [-0.2, 0) is 4.79 Å². The van der Waals surface area contributed by atoms with Crippen LogP contribution in [0.25, 0.3) is 11.1 Å². The minimum absolute atomic E-state index is 0.00639.